The van der Waals surface area contributed by atoms with E-state index < -0.39 is 0 Å². The summed E-state index contributed by atoms with van der Waals surface area (Å²) in [4.78, 5) is 25.2. The molecule has 0 saturated carbocycles. The molecule has 0 aromatic carbocycles. The third-order valence-corrected chi connectivity index (χ3v) is 3.04. The monoisotopic (exact) mass is 287 g/mol. The molecule has 1 fully saturated rings. The highest BCUT2D eigenvalue weighted by Crippen LogP contribution is 1.99. The molecule has 1 atom stereocenters. The lowest BCUT2D eigenvalue weighted by Gasteiger charge is -2.30. The Morgan fingerprint density at radius 3 is 2.30 bits per heavy atom. The predicted molar refractivity (Wildman–Crippen MR) is 74.4 cm³/mol. The summed E-state index contributed by atoms with van der Waals surface area (Å²) in [6.07, 6.45) is 0. The van der Waals surface area contributed by atoms with Crippen LogP contribution in [0.25, 0.3) is 0 Å². The molecule has 1 rings (SSSR count). The van der Waals surface area contributed by atoms with Gasteiger partial charge in [0.05, 0.1) is 19.8 Å². The van der Waals surface area contributed by atoms with Crippen molar-refractivity contribution in [1.82, 2.24) is 15.5 Å². The maximum atomic E-state index is 12.4. The predicted octanol–water partition coefficient (Wildman–Crippen LogP) is -1.02. The molecule has 1 unspecified atom stereocenters. The maximum Gasteiger partial charge on any atom is 0.241 e. The second-order valence-electron chi connectivity index (χ2n) is 4.46. The van der Waals surface area contributed by atoms with Crippen molar-refractivity contribution in [2.75, 3.05) is 52.6 Å². The lowest BCUT2D eigenvalue weighted by atomic mass is 10.2. The van der Waals surface area contributed by atoms with E-state index in [1.54, 1.807) is 4.90 Å². The standard InChI is InChI=1S/C13H25N3O4/c1-3-19-7-5-16(6-8-20-4-2)13(18)11-9-15-12(17)10-14-11/h11,14H,3-10H2,1-2H3,(H,15,17). The third kappa shape index (κ3) is 5.85. The minimum atomic E-state index is -0.365. The molecule has 0 radical (unpaired) electrons. The van der Waals surface area contributed by atoms with Crippen LogP contribution in [-0.4, -0.2) is 75.4 Å². The second-order valence-corrected chi connectivity index (χ2v) is 4.46. The average Bonchev–Trinajstić information content (AvgIpc) is 2.46. The van der Waals surface area contributed by atoms with E-state index in [4.69, 9.17) is 9.47 Å². The number of hydrogen-bond acceptors (Lipinski definition) is 5. The molecule has 1 aliphatic heterocycles. The van der Waals surface area contributed by atoms with Crippen LogP contribution < -0.4 is 10.6 Å². The first kappa shape index (κ1) is 16.9. The molecule has 2 amide bonds. The minimum Gasteiger partial charge on any atom is -0.380 e. The van der Waals surface area contributed by atoms with Crippen molar-refractivity contribution in [2.45, 2.75) is 19.9 Å². The third-order valence-electron chi connectivity index (χ3n) is 3.04. The van der Waals surface area contributed by atoms with Crippen molar-refractivity contribution < 1.29 is 19.1 Å². The first-order valence-electron chi connectivity index (χ1n) is 7.13. The van der Waals surface area contributed by atoms with E-state index in [2.05, 4.69) is 10.6 Å². The van der Waals surface area contributed by atoms with Crippen LogP contribution in [0.3, 0.4) is 0 Å². The molecular weight excluding hydrogens is 262 g/mol. The SMILES string of the molecule is CCOCCN(CCOCC)C(=O)C1CNC(=O)CN1. The van der Waals surface area contributed by atoms with Crippen LogP contribution in [0, 0.1) is 0 Å². The summed E-state index contributed by atoms with van der Waals surface area (Å²) in [5.74, 6) is -0.103. The van der Waals surface area contributed by atoms with Gasteiger partial charge < -0.3 is 19.7 Å². The van der Waals surface area contributed by atoms with Gasteiger partial charge in [-0.05, 0) is 13.8 Å². The Balaban J connectivity index is 2.46. The van der Waals surface area contributed by atoms with Crippen LogP contribution in [0.1, 0.15) is 13.8 Å². The zero-order valence-corrected chi connectivity index (χ0v) is 12.3. The number of carbonyl (C=O) groups excluding carboxylic acids is 2. The van der Waals surface area contributed by atoms with Gasteiger partial charge in [0.15, 0.2) is 0 Å². The average molecular weight is 287 g/mol. The first-order valence-corrected chi connectivity index (χ1v) is 7.13. The maximum absolute atomic E-state index is 12.4. The molecule has 0 aromatic heterocycles. The summed E-state index contributed by atoms with van der Waals surface area (Å²) in [6, 6.07) is -0.365. The molecule has 1 saturated heterocycles. The van der Waals surface area contributed by atoms with Gasteiger partial charge in [0.2, 0.25) is 11.8 Å². The number of nitrogens with one attached hydrogen (secondary N) is 2. The summed E-state index contributed by atoms with van der Waals surface area (Å²) >= 11 is 0. The largest absolute Gasteiger partial charge is 0.380 e. The summed E-state index contributed by atoms with van der Waals surface area (Å²) in [7, 11) is 0. The summed E-state index contributed by atoms with van der Waals surface area (Å²) < 4.78 is 10.6. The zero-order valence-electron chi connectivity index (χ0n) is 12.3. The van der Waals surface area contributed by atoms with E-state index in [9.17, 15) is 9.59 Å². The Bertz CT molecular complexity index is 292. The van der Waals surface area contributed by atoms with E-state index in [0.29, 0.717) is 46.1 Å². The highest BCUT2D eigenvalue weighted by molar-refractivity contribution is 5.86. The Hall–Kier alpha value is -1.18. The summed E-state index contributed by atoms with van der Waals surface area (Å²) in [5, 5.41) is 5.64. The van der Waals surface area contributed by atoms with Crippen molar-refractivity contribution in [1.29, 1.82) is 0 Å². The molecule has 7 nitrogen and oxygen atoms in total. The van der Waals surface area contributed by atoms with Crippen molar-refractivity contribution in [3.8, 4) is 0 Å². The molecular formula is C13H25N3O4. The van der Waals surface area contributed by atoms with Gasteiger partial charge in [-0.2, -0.15) is 0 Å². The molecule has 2 N–H and O–H groups in total. The van der Waals surface area contributed by atoms with Gasteiger partial charge in [0.25, 0.3) is 0 Å². The molecule has 0 aliphatic carbocycles. The van der Waals surface area contributed by atoms with Crippen LogP contribution >= 0.6 is 0 Å². The Labute approximate surface area is 120 Å². The topological polar surface area (TPSA) is 79.9 Å². The lowest BCUT2D eigenvalue weighted by molar-refractivity contribution is -0.136. The number of ether oxygens (including phenoxy) is 2. The zero-order chi connectivity index (χ0) is 14.8. The van der Waals surface area contributed by atoms with Gasteiger partial charge in [0.1, 0.15) is 6.04 Å². The molecule has 0 spiro atoms. The number of amides is 2. The summed E-state index contributed by atoms with van der Waals surface area (Å²) in [6.45, 7) is 7.70. The van der Waals surface area contributed by atoms with Gasteiger partial charge in [0, 0.05) is 32.8 Å². The Morgan fingerprint density at radius 1 is 1.25 bits per heavy atom. The van der Waals surface area contributed by atoms with Gasteiger partial charge in [-0.15, -0.1) is 0 Å². The molecule has 0 bridgehead atoms. The van der Waals surface area contributed by atoms with Crippen LogP contribution in [0.15, 0.2) is 0 Å². The fourth-order valence-corrected chi connectivity index (χ4v) is 1.93. The van der Waals surface area contributed by atoms with Gasteiger partial charge in [-0.3, -0.25) is 14.9 Å². The number of nitrogens with zero attached hydrogens (tertiary/aromatic N) is 1. The fourth-order valence-electron chi connectivity index (χ4n) is 1.93. The highest BCUT2D eigenvalue weighted by Gasteiger charge is 2.27. The molecule has 116 valence electrons. The van der Waals surface area contributed by atoms with E-state index in [-0.39, 0.29) is 24.4 Å². The second kappa shape index (κ2) is 9.68. The van der Waals surface area contributed by atoms with Crippen molar-refractivity contribution in [3.05, 3.63) is 0 Å². The number of carbonyl (C=O) groups is 2. The van der Waals surface area contributed by atoms with Crippen molar-refractivity contribution in [2.24, 2.45) is 0 Å². The lowest BCUT2D eigenvalue weighted by Crippen LogP contribution is -2.59. The Kier molecular flexibility index (Phi) is 8.17. The molecule has 20 heavy (non-hydrogen) atoms. The van der Waals surface area contributed by atoms with Crippen molar-refractivity contribution in [3.63, 3.8) is 0 Å². The molecule has 1 heterocycles. The van der Waals surface area contributed by atoms with Gasteiger partial charge in [-0.25, -0.2) is 0 Å². The normalized spacial score (nSPS) is 18.7. The van der Waals surface area contributed by atoms with Gasteiger partial charge >= 0.3 is 0 Å². The quantitative estimate of drug-likeness (QED) is 0.530. The van der Waals surface area contributed by atoms with Crippen LogP contribution in [-0.2, 0) is 19.1 Å². The molecule has 7 heteroatoms. The number of rotatable bonds is 9. The van der Waals surface area contributed by atoms with Crippen LogP contribution in [0.2, 0.25) is 0 Å². The highest BCUT2D eigenvalue weighted by atomic mass is 16.5. The minimum absolute atomic E-state index is 0.0237. The fraction of sp³-hybridized carbons (Fsp3) is 0.846. The summed E-state index contributed by atoms with van der Waals surface area (Å²) in [5.41, 5.74) is 0. The van der Waals surface area contributed by atoms with E-state index in [1.165, 1.54) is 0 Å². The van der Waals surface area contributed by atoms with E-state index >= 15 is 0 Å². The first-order chi connectivity index (χ1) is 9.69. The smallest absolute Gasteiger partial charge is 0.241 e. The van der Waals surface area contributed by atoms with Crippen LogP contribution in [0.5, 0.6) is 0 Å². The van der Waals surface area contributed by atoms with Crippen molar-refractivity contribution >= 4 is 11.8 Å². The Morgan fingerprint density at radius 2 is 1.85 bits per heavy atom. The number of piperazine rings is 1. The molecule has 1 aliphatic rings. The number of hydrogen-bond donors (Lipinski definition) is 2. The van der Waals surface area contributed by atoms with Crippen LogP contribution in [0.4, 0.5) is 0 Å². The van der Waals surface area contributed by atoms with Gasteiger partial charge in [-0.1, -0.05) is 0 Å². The van der Waals surface area contributed by atoms with E-state index in [1.807, 2.05) is 13.8 Å². The molecule has 0 aromatic rings. The van der Waals surface area contributed by atoms with E-state index in [0.717, 1.165) is 0 Å².